The number of rotatable bonds is 6. The molecule has 0 saturated heterocycles. The van der Waals surface area contributed by atoms with Gasteiger partial charge in [-0.15, -0.1) is 0 Å². The molecule has 23 heavy (non-hydrogen) atoms. The van der Waals surface area contributed by atoms with E-state index in [-0.39, 0.29) is 28.6 Å². The second-order valence-corrected chi connectivity index (χ2v) is 6.32. The predicted molar refractivity (Wildman–Crippen MR) is 92.2 cm³/mol. The lowest BCUT2D eigenvalue weighted by Gasteiger charge is -2.19. The van der Waals surface area contributed by atoms with E-state index in [0.29, 0.717) is 11.6 Å². The van der Waals surface area contributed by atoms with Crippen molar-refractivity contribution in [3.05, 3.63) is 52.3 Å². The molecule has 1 aromatic carbocycles. The van der Waals surface area contributed by atoms with Crippen molar-refractivity contribution in [3.8, 4) is 0 Å². The Bertz CT molecular complexity index is 718. The topological polar surface area (TPSA) is 101 Å². The lowest BCUT2D eigenvalue weighted by molar-refractivity contribution is -0.121. The van der Waals surface area contributed by atoms with Gasteiger partial charge in [0.1, 0.15) is 5.82 Å². The molecule has 2 rings (SSSR count). The van der Waals surface area contributed by atoms with Crippen LogP contribution < -0.4 is 16.6 Å². The first-order valence-corrected chi connectivity index (χ1v) is 8.26. The monoisotopic (exact) mass is 332 g/mol. The molecule has 0 radical (unpaired) electrons. The highest BCUT2D eigenvalue weighted by atomic mass is 32.2. The Morgan fingerprint density at radius 1 is 1.39 bits per heavy atom. The van der Waals surface area contributed by atoms with Gasteiger partial charge in [0, 0.05) is 6.07 Å². The summed E-state index contributed by atoms with van der Waals surface area (Å²) in [4.78, 5) is 30.5. The summed E-state index contributed by atoms with van der Waals surface area (Å²) < 4.78 is 0. The fourth-order valence-electron chi connectivity index (χ4n) is 2.10. The Kier molecular flexibility index (Phi) is 5.81. The van der Waals surface area contributed by atoms with Crippen LogP contribution in [0.4, 0.5) is 5.82 Å². The molecular weight excluding hydrogens is 312 g/mol. The molecule has 122 valence electrons. The van der Waals surface area contributed by atoms with Gasteiger partial charge in [0.05, 0.1) is 11.3 Å². The number of nitrogens with zero attached hydrogens (tertiary/aromatic N) is 1. The number of carbonyl (C=O) groups is 1. The van der Waals surface area contributed by atoms with Crippen molar-refractivity contribution in [1.29, 1.82) is 0 Å². The highest BCUT2D eigenvalue weighted by molar-refractivity contribution is 8.00. The van der Waals surface area contributed by atoms with E-state index in [1.54, 1.807) is 0 Å². The maximum Gasteiger partial charge on any atom is 0.253 e. The number of aromatic nitrogens is 2. The van der Waals surface area contributed by atoms with Gasteiger partial charge in [0.2, 0.25) is 5.91 Å². The van der Waals surface area contributed by atoms with Crippen LogP contribution in [-0.2, 0) is 4.79 Å². The van der Waals surface area contributed by atoms with Crippen molar-refractivity contribution in [1.82, 2.24) is 15.3 Å². The van der Waals surface area contributed by atoms with E-state index in [1.165, 1.54) is 17.8 Å². The molecule has 0 spiro atoms. The smallest absolute Gasteiger partial charge is 0.253 e. The number of amides is 1. The van der Waals surface area contributed by atoms with Crippen LogP contribution in [0.15, 0.2) is 46.3 Å². The van der Waals surface area contributed by atoms with E-state index < -0.39 is 0 Å². The van der Waals surface area contributed by atoms with Gasteiger partial charge in [-0.2, -0.15) is 0 Å². The Morgan fingerprint density at radius 3 is 2.70 bits per heavy atom. The van der Waals surface area contributed by atoms with Crippen LogP contribution in [0.1, 0.15) is 31.9 Å². The van der Waals surface area contributed by atoms with Gasteiger partial charge < -0.3 is 16.0 Å². The fraction of sp³-hybridized carbons (Fsp3) is 0.312. The van der Waals surface area contributed by atoms with Gasteiger partial charge in [-0.05, 0) is 18.9 Å². The van der Waals surface area contributed by atoms with Gasteiger partial charge in [0.25, 0.3) is 5.56 Å². The highest BCUT2D eigenvalue weighted by Crippen LogP contribution is 2.23. The minimum Gasteiger partial charge on any atom is -0.383 e. The largest absolute Gasteiger partial charge is 0.383 e. The molecule has 2 aromatic rings. The van der Waals surface area contributed by atoms with Crippen molar-refractivity contribution >= 4 is 23.5 Å². The first-order valence-electron chi connectivity index (χ1n) is 7.38. The van der Waals surface area contributed by atoms with Crippen molar-refractivity contribution in [2.45, 2.75) is 36.7 Å². The molecule has 1 aromatic heterocycles. The number of hydrogen-bond donors (Lipinski definition) is 3. The molecule has 6 nitrogen and oxygen atoms in total. The summed E-state index contributed by atoms with van der Waals surface area (Å²) in [6.07, 6.45) is 0.608. The van der Waals surface area contributed by atoms with E-state index in [4.69, 9.17) is 5.73 Å². The van der Waals surface area contributed by atoms with Gasteiger partial charge in [-0.3, -0.25) is 9.59 Å². The first kappa shape index (κ1) is 17.1. The zero-order chi connectivity index (χ0) is 16.8. The van der Waals surface area contributed by atoms with Crippen LogP contribution in [-0.4, -0.2) is 21.1 Å². The number of nitrogens with one attached hydrogen (secondary N) is 2. The highest BCUT2D eigenvalue weighted by Gasteiger charge is 2.21. The van der Waals surface area contributed by atoms with Crippen LogP contribution in [0.25, 0.3) is 0 Å². The summed E-state index contributed by atoms with van der Waals surface area (Å²) in [5.74, 6) is 0.0445. The van der Waals surface area contributed by atoms with Crippen LogP contribution in [0.5, 0.6) is 0 Å². The first-order chi connectivity index (χ1) is 11.0. The predicted octanol–water partition coefficient (Wildman–Crippen LogP) is 2.10. The maximum atomic E-state index is 12.4. The average molecular weight is 332 g/mol. The number of thioether (sulfide) groups is 1. The quantitative estimate of drug-likeness (QED) is 0.555. The molecule has 0 aliphatic heterocycles. The lowest BCUT2D eigenvalue weighted by atomic mass is 10.1. The molecule has 0 saturated carbocycles. The van der Waals surface area contributed by atoms with Gasteiger partial charge in [-0.1, -0.05) is 49.0 Å². The number of aromatic amines is 1. The number of H-pyrrole nitrogens is 1. The third-order valence-electron chi connectivity index (χ3n) is 3.32. The molecule has 0 fully saturated rings. The van der Waals surface area contributed by atoms with E-state index in [9.17, 15) is 9.59 Å². The van der Waals surface area contributed by atoms with Gasteiger partial charge in [-0.25, -0.2) is 4.98 Å². The number of benzene rings is 1. The van der Waals surface area contributed by atoms with Crippen molar-refractivity contribution in [2.75, 3.05) is 5.73 Å². The molecule has 7 heteroatoms. The minimum atomic E-state index is -0.355. The van der Waals surface area contributed by atoms with Crippen molar-refractivity contribution in [3.63, 3.8) is 0 Å². The molecule has 0 aliphatic rings. The molecular formula is C16H20N4O2S. The lowest BCUT2D eigenvalue weighted by Crippen LogP contribution is -2.34. The summed E-state index contributed by atoms with van der Waals surface area (Å²) in [6, 6.07) is 10.9. The number of anilines is 1. The number of nitrogens with two attached hydrogens (primary N) is 1. The summed E-state index contributed by atoms with van der Waals surface area (Å²) in [7, 11) is 0. The third kappa shape index (κ3) is 4.85. The van der Waals surface area contributed by atoms with Crippen LogP contribution in [0.2, 0.25) is 0 Å². The van der Waals surface area contributed by atoms with E-state index >= 15 is 0 Å². The summed E-state index contributed by atoms with van der Waals surface area (Å²) in [5.41, 5.74) is 6.28. The average Bonchev–Trinajstić information content (AvgIpc) is 2.52. The normalized spacial score (nSPS) is 13.3. The third-order valence-corrected chi connectivity index (χ3v) is 4.56. The minimum absolute atomic E-state index is 0.0915. The Morgan fingerprint density at radius 2 is 2.09 bits per heavy atom. The molecule has 0 bridgehead atoms. The van der Waals surface area contributed by atoms with E-state index in [2.05, 4.69) is 15.3 Å². The van der Waals surface area contributed by atoms with E-state index in [1.807, 2.05) is 44.2 Å². The summed E-state index contributed by atoms with van der Waals surface area (Å²) in [5, 5.41) is 2.98. The Balaban J connectivity index is 2.05. The zero-order valence-electron chi connectivity index (χ0n) is 13.1. The number of hydrogen-bond acceptors (Lipinski definition) is 5. The number of nitrogen functional groups attached to an aromatic ring is 1. The molecule has 1 amide bonds. The maximum absolute atomic E-state index is 12.4. The second kappa shape index (κ2) is 7.82. The van der Waals surface area contributed by atoms with Crippen LogP contribution >= 0.6 is 11.8 Å². The zero-order valence-corrected chi connectivity index (χ0v) is 13.9. The summed E-state index contributed by atoms with van der Waals surface area (Å²) >= 11 is 1.20. The second-order valence-electron chi connectivity index (χ2n) is 5.13. The molecule has 4 N–H and O–H groups in total. The summed E-state index contributed by atoms with van der Waals surface area (Å²) in [6.45, 7) is 3.85. The van der Waals surface area contributed by atoms with Crippen LogP contribution in [0.3, 0.4) is 0 Å². The van der Waals surface area contributed by atoms with E-state index in [0.717, 1.165) is 5.56 Å². The Labute approximate surface area is 138 Å². The molecule has 0 aliphatic carbocycles. The fourth-order valence-corrected chi connectivity index (χ4v) is 3.03. The standard InChI is InChI=1S/C16H20N4O2S/c1-3-12(23-16-19-13(17)9-14(21)20-16)15(22)18-10(2)11-7-5-4-6-8-11/h4-10,12H,3H2,1-2H3,(H,18,22)(H3,17,19,20,21)/t10-,12-/m1/s1. The Hall–Kier alpha value is -2.28. The van der Waals surface area contributed by atoms with Crippen molar-refractivity contribution in [2.24, 2.45) is 0 Å². The van der Waals surface area contributed by atoms with Gasteiger partial charge >= 0.3 is 0 Å². The van der Waals surface area contributed by atoms with Gasteiger partial charge in [0.15, 0.2) is 5.16 Å². The molecule has 0 unspecified atom stereocenters. The number of carbonyl (C=O) groups excluding carboxylic acids is 1. The molecule has 1 heterocycles. The SMILES string of the molecule is CC[C@@H](Sc1nc(N)cc(=O)[nH]1)C(=O)N[C@H](C)c1ccccc1. The van der Waals surface area contributed by atoms with Crippen molar-refractivity contribution < 1.29 is 4.79 Å². The molecule has 2 atom stereocenters. The van der Waals surface area contributed by atoms with Crippen LogP contribution in [0, 0.1) is 0 Å².